The number of rotatable bonds is 33. The number of aliphatic hydroxyl groups is 1. The van der Waals surface area contributed by atoms with Crippen LogP contribution in [0.3, 0.4) is 0 Å². The van der Waals surface area contributed by atoms with Crippen LogP contribution >= 0.6 is 66.4 Å². The molecule has 0 unspecified atom stereocenters. The molecule has 0 saturated heterocycles. The van der Waals surface area contributed by atoms with Crippen LogP contribution in [0.1, 0.15) is 138 Å². The van der Waals surface area contributed by atoms with Crippen LogP contribution in [-0.4, -0.2) is 142 Å². The largest absolute Gasteiger partial charge is 0.504 e. The number of phenols is 1. The zero-order valence-electron chi connectivity index (χ0n) is 57.9. The van der Waals surface area contributed by atoms with Crippen molar-refractivity contribution in [3.8, 4) is 17.2 Å². The van der Waals surface area contributed by atoms with Gasteiger partial charge in [0, 0.05) is 107 Å². The van der Waals surface area contributed by atoms with E-state index in [1.54, 1.807) is 33.7 Å². The quantitative estimate of drug-likeness (QED) is 0.0229. The first-order valence-corrected chi connectivity index (χ1v) is 39.8. The van der Waals surface area contributed by atoms with E-state index in [9.17, 15) is 19.8 Å². The lowest BCUT2D eigenvalue weighted by molar-refractivity contribution is 0.0505. The van der Waals surface area contributed by atoms with Crippen LogP contribution in [0.5, 0.6) is 17.2 Å². The van der Waals surface area contributed by atoms with Crippen molar-refractivity contribution in [1.82, 2.24) is 0 Å². The van der Waals surface area contributed by atoms with E-state index >= 15 is 0 Å². The third-order valence-corrected chi connectivity index (χ3v) is 23.1. The van der Waals surface area contributed by atoms with Gasteiger partial charge in [0.05, 0.1) is 53.4 Å². The number of ether oxygens (including phenoxy) is 6. The maximum atomic E-state index is 13.8. The number of aliphatic hydroxyl groups excluding tert-OH is 1. The molecule has 0 aliphatic carbocycles. The molecule has 6 aromatic carbocycles. The number of alkyl halides is 2. The Bertz CT molecular complexity index is 3470. The summed E-state index contributed by atoms with van der Waals surface area (Å²) in [4.78, 5) is 35.6. The van der Waals surface area contributed by atoms with Gasteiger partial charge in [0.15, 0.2) is 11.5 Å². The average Bonchev–Trinajstić information content (AvgIpc) is 1.61. The molecule has 2 atom stereocenters. The number of methoxy groups -OCH3 is 1. The normalized spacial score (nSPS) is 15.4. The lowest BCUT2D eigenvalue weighted by Gasteiger charge is -2.34. The van der Waals surface area contributed by atoms with Gasteiger partial charge in [-0.2, -0.15) is 0 Å². The maximum absolute atomic E-state index is 13.8. The van der Waals surface area contributed by atoms with Crippen LogP contribution in [0.15, 0.2) is 109 Å². The summed E-state index contributed by atoms with van der Waals surface area (Å²) in [5.74, 6) is 2.22. The zero-order chi connectivity index (χ0) is 68.8. The van der Waals surface area contributed by atoms with Gasteiger partial charge in [0.2, 0.25) is 0 Å². The Kier molecular flexibility index (Phi) is 30.4. The van der Waals surface area contributed by atoms with E-state index in [1.165, 1.54) is 18.2 Å². The zero-order valence-corrected chi connectivity index (χ0v) is 62.6. The average molecular weight is 1430 g/mol. The molecule has 96 heavy (non-hydrogen) atoms. The molecule has 0 fully saturated rings. The Hall–Kier alpha value is -4.96. The SMILES string of the molecule is CCCOCCOCCN(CC(C)(C)SSC)c1cc(CCl)cc(COc2cc3c(cc2C)C(=O)N2c4ccccc4C[C@H]2CC3)c1.CCCOCCOCCN(CC(C)(C)SSC)c1cc(CO)cc(CCl)c1.COc1cc2c(cc1O)CC[C@@H]1Cc3ccccc3N1C2=O. The molecule has 4 aliphatic heterocycles. The van der Waals surface area contributed by atoms with Crippen LogP contribution in [0, 0.1) is 6.92 Å². The van der Waals surface area contributed by atoms with Crippen molar-refractivity contribution < 1.29 is 48.2 Å². The van der Waals surface area contributed by atoms with Gasteiger partial charge in [-0.3, -0.25) is 9.59 Å². The standard InChI is InChI=1S/C38H49ClN2O4S2.C20H34ClNO3S2.C18H17NO3/c1-6-14-43-16-17-44-15-13-40(26-38(3,4)47-46-5)33-20-28(24-39)19-29(21-33)25-45-36-23-30-11-12-32-22-31-9-7-8-10-35(31)41(32)37(42)34(30)18-27(36)2;1-5-7-24-9-10-25-8-6-22(16-20(2,3)27-26-4)19-12-17(14-21)11-18(13-19)15-23;1-22-17-10-14-11(9-16(17)20)6-7-13-8-12-4-2-3-5-15(12)19(13)18(14)21/h7-10,18-21,23,32H,6,11-17,22,24-26H2,1-5H3;11-13,23H,5-10,14-16H2,1-4H3;2-5,9-10,13,20H,6-8H2,1H3/t32-;;13-/m1.1/s1. The third kappa shape index (κ3) is 21.3. The summed E-state index contributed by atoms with van der Waals surface area (Å²) in [5.41, 5.74) is 15.1. The Balaban J connectivity index is 0.000000203. The number of aromatic hydroxyl groups is 1. The van der Waals surface area contributed by atoms with Crippen molar-refractivity contribution in [3.63, 3.8) is 0 Å². The molecule has 10 rings (SSSR count). The van der Waals surface area contributed by atoms with Crippen LogP contribution in [0.4, 0.5) is 22.7 Å². The highest BCUT2D eigenvalue weighted by atomic mass is 35.5. The molecule has 0 bridgehead atoms. The van der Waals surface area contributed by atoms with Crippen molar-refractivity contribution in [2.75, 3.05) is 118 Å². The van der Waals surface area contributed by atoms with Crippen molar-refractivity contribution in [2.24, 2.45) is 0 Å². The fourth-order valence-corrected chi connectivity index (χ4v) is 17.6. The lowest BCUT2D eigenvalue weighted by atomic mass is 9.98. The van der Waals surface area contributed by atoms with Gasteiger partial charge >= 0.3 is 0 Å². The van der Waals surface area contributed by atoms with Crippen molar-refractivity contribution >= 4 is 101 Å². The summed E-state index contributed by atoms with van der Waals surface area (Å²) in [6.07, 6.45) is 11.6. The van der Waals surface area contributed by atoms with Gasteiger partial charge in [0.25, 0.3) is 11.8 Å². The molecular formula is C76H100Cl2N4O10S4. The Morgan fingerprint density at radius 2 is 1.01 bits per heavy atom. The first-order valence-electron chi connectivity index (χ1n) is 33.6. The summed E-state index contributed by atoms with van der Waals surface area (Å²) < 4.78 is 34.5. The van der Waals surface area contributed by atoms with E-state index in [2.05, 4.69) is 118 Å². The van der Waals surface area contributed by atoms with E-state index in [1.807, 2.05) is 80.8 Å². The Morgan fingerprint density at radius 3 is 1.48 bits per heavy atom. The van der Waals surface area contributed by atoms with Gasteiger partial charge < -0.3 is 58.2 Å². The summed E-state index contributed by atoms with van der Waals surface area (Å²) in [6.45, 7) is 24.3. The number of carbonyl (C=O) groups excluding carboxylic acids is 2. The highest BCUT2D eigenvalue weighted by Gasteiger charge is 2.39. The minimum Gasteiger partial charge on any atom is -0.504 e. The number of fused-ring (bicyclic) bond motifs is 8. The first kappa shape index (κ1) is 76.8. The van der Waals surface area contributed by atoms with Crippen molar-refractivity contribution in [2.45, 2.75) is 146 Å². The van der Waals surface area contributed by atoms with Gasteiger partial charge in [-0.1, -0.05) is 106 Å². The van der Waals surface area contributed by atoms with Crippen molar-refractivity contribution in [3.05, 3.63) is 170 Å². The van der Waals surface area contributed by atoms with Crippen LogP contribution < -0.4 is 29.1 Å². The molecule has 2 N–H and O–H groups in total. The highest BCUT2D eigenvalue weighted by Crippen LogP contribution is 2.43. The maximum Gasteiger partial charge on any atom is 0.258 e. The molecule has 6 aromatic rings. The number of anilines is 4. The molecule has 14 nitrogen and oxygen atoms in total. The highest BCUT2D eigenvalue weighted by molar-refractivity contribution is 8.77. The van der Waals surface area contributed by atoms with E-state index in [4.69, 9.17) is 51.6 Å². The predicted octanol–water partition coefficient (Wildman–Crippen LogP) is 16.7. The predicted molar refractivity (Wildman–Crippen MR) is 405 cm³/mol. The number of para-hydroxylation sites is 2. The van der Waals surface area contributed by atoms with E-state index in [-0.39, 0.29) is 45.7 Å². The van der Waals surface area contributed by atoms with Crippen LogP contribution in [0.25, 0.3) is 0 Å². The molecule has 0 aromatic heterocycles. The topological polar surface area (TPSA) is 143 Å². The van der Waals surface area contributed by atoms with Gasteiger partial charge in [-0.05, 0) is 209 Å². The fraction of sp³-hybridized carbons (Fsp3) is 0.500. The molecule has 0 radical (unpaired) electrons. The number of hydrogen-bond acceptors (Lipinski definition) is 16. The second-order valence-electron chi connectivity index (χ2n) is 25.9. The number of benzene rings is 6. The number of nitrogens with zero attached hydrogens (tertiary/aromatic N) is 4. The van der Waals surface area contributed by atoms with Crippen molar-refractivity contribution in [1.29, 1.82) is 0 Å². The molecule has 0 spiro atoms. The molecule has 20 heteroatoms. The fourth-order valence-electron chi connectivity index (χ4n) is 13.0. The lowest BCUT2D eigenvalue weighted by Crippen LogP contribution is -2.38. The molecule has 4 heterocycles. The minimum absolute atomic E-state index is 0.000694. The number of carbonyl (C=O) groups is 2. The number of halogens is 2. The minimum atomic E-state index is 0.000694. The summed E-state index contributed by atoms with van der Waals surface area (Å²) in [6, 6.07) is 36.9. The van der Waals surface area contributed by atoms with E-state index < -0.39 is 0 Å². The monoisotopic (exact) mass is 1430 g/mol. The van der Waals surface area contributed by atoms with Gasteiger partial charge in [-0.15, -0.1) is 23.2 Å². The van der Waals surface area contributed by atoms with E-state index in [0.717, 1.165) is 164 Å². The second-order valence-corrected chi connectivity index (χ2v) is 32.6. The molecule has 522 valence electrons. The number of hydrogen-bond donors (Lipinski definition) is 2. The molecule has 4 aliphatic rings. The summed E-state index contributed by atoms with van der Waals surface area (Å²) in [7, 11) is 8.82. The summed E-state index contributed by atoms with van der Waals surface area (Å²) in [5, 5.41) is 19.5. The summed E-state index contributed by atoms with van der Waals surface area (Å²) >= 11 is 12.5. The number of aryl methyl sites for hydroxylation is 3. The Morgan fingerprint density at radius 1 is 0.562 bits per heavy atom. The number of amides is 2. The smallest absolute Gasteiger partial charge is 0.258 e. The number of phenolic OH excluding ortho intramolecular Hbond substituents is 1. The second kappa shape index (κ2) is 38.0. The van der Waals surface area contributed by atoms with Gasteiger partial charge in [-0.25, -0.2) is 0 Å². The third-order valence-electron chi connectivity index (χ3n) is 17.2. The molecular weight excluding hydrogens is 1330 g/mol. The molecule has 2 amide bonds. The van der Waals surface area contributed by atoms with Crippen LogP contribution in [-0.2, 0) is 69.6 Å². The van der Waals surface area contributed by atoms with E-state index in [0.29, 0.717) is 69.3 Å². The Labute approximate surface area is 597 Å². The molecule has 0 saturated carbocycles. The van der Waals surface area contributed by atoms with Crippen LogP contribution in [0.2, 0.25) is 0 Å². The van der Waals surface area contributed by atoms with Gasteiger partial charge in [0.1, 0.15) is 12.4 Å². The first-order chi connectivity index (χ1) is 46.4.